The lowest BCUT2D eigenvalue weighted by molar-refractivity contribution is 0.0563. The minimum atomic E-state index is -0.451. The number of hydrogen-bond acceptors (Lipinski definition) is 5. The van der Waals surface area contributed by atoms with Gasteiger partial charge < -0.3 is 13.7 Å². The number of nitrogens with zero attached hydrogens (tertiary/aromatic N) is 2. The number of imidazole rings is 1. The number of ether oxygens (including phenoxy) is 1. The Balaban J connectivity index is 1.72. The zero-order valence-corrected chi connectivity index (χ0v) is 12.2. The normalized spacial score (nSPS) is 16.1. The van der Waals surface area contributed by atoms with Crippen molar-refractivity contribution < 1.29 is 13.9 Å². The Kier molecular flexibility index (Phi) is 3.56. The third-order valence-electron chi connectivity index (χ3n) is 3.27. The molecule has 2 heterocycles. The largest absolute Gasteiger partial charge is 0.463 e. The van der Waals surface area contributed by atoms with Crippen molar-refractivity contribution in [1.29, 1.82) is 0 Å². The molecule has 0 N–H and O–H groups in total. The van der Waals surface area contributed by atoms with Gasteiger partial charge in [-0.05, 0) is 31.9 Å². The highest BCUT2D eigenvalue weighted by atomic mass is 32.2. The molecule has 0 amide bonds. The van der Waals surface area contributed by atoms with Gasteiger partial charge in [-0.1, -0.05) is 11.8 Å². The fraction of sp³-hybridized carbons (Fsp3) is 0.429. The number of rotatable bonds is 5. The van der Waals surface area contributed by atoms with E-state index in [2.05, 4.69) is 14.3 Å². The van der Waals surface area contributed by atoms with E-state index in [1.54, 1.807) is 17.8 Å². The summed E-state index contributed by atoms with van der Waals surface area (Å²) in [6.07, 6.45) is 6.31. The molecule has 1 fully saturated rings. The van der Waals surface area contributed by atoms with E-state index in [0.29, 0.717) is 6.04 Å². The van der Waals surface area contributed by atoms with E-state index in [9.17, 15) is 4.79 Å². The number of hydrogen-bond donors (Lipinski definition) is 0. The Labute approximate surface area is 121 Å². The van der Waals surface area contributed by atoms with Gasteiger partial charge in [0.1, 0.15) is 5.76 Å². The van der Waals surface area contributed by atoms with E-state index in [0.717, 1.165) is 10.9 Å². The fourth-order valence-electron chi connectivity index (χ4n) is 2.02. The van der Waals surface area contributed by atoms with Crippen molar-refractivity contribution in [1.82, 2.24) is 9.55 Å². The van der Waals surface area contributed by atoms with Gasteiger partial charge in [-0.2, -0.15) is 0 Å². The van der Waals surface area contributed by atoms with Crippen LogP contribution in [-0.4, -0.2) is 22.6 Å². The van der Waals surface area contributed by atoms with Gasteiger partial charge >= 0.3 is 5.97 Å². The average molecular weight is 292 g/mol. The smallest absolute Gasteiger partial charge is 0.373 e. The first-order valence-corrected chi connectivity index (χ1v) is 7.44. The molecule has 0 radical (unpaired) electrons. The number of carbonyl (C=O) groups is 1. The maximum absolute atomic E-state index is 11.4. The number of thioether (sulfide) groups is 1. The number of carbonyl (C=O) groups excluding carboxylic acids is 1. The minimum Gasteiger partial charge on any atom is -0.463 e. The molecule has 0 saturated heterocycles. The summed E-state index contributed by atoms with van der Waals surface area (Å²) < 4.78 is 12.4. The first-order chi connectivity index (χ1) is 9.69. The topological polar surface area (TPSA) is 57.3 Å². The summed E-state index contributed by atoms with van der Waals surface area (Å²) >= 11 is 1.64. The second-order valence-corrected chi connectivity index (χ2v) is 6.11. The molecule has 0 aromatic carbocycles. The standard InChI is InChI=1S/C14H16N2O3S/c1-9(11-5-6-12(19-11)13(17)18-2)20-14-15-7-8-16(14)10-3-4-10/h5-10H,3-4H2,1-2H3. The lowest BCUT2D eigenvalue weighted by atomic mass is 10.3. The average Bonchev–Trinajstić information content (AvgIpc) is 3.00. The Bertz CT molecular complexity index is 615. The summed E-state index contributed by atoms with van der Waals surface area (Å²) in [5.74, 6) is 0.536. The summed E-state index contributed by atoms with van der Waals surface area (Å²) in [5.41, 5.74) is 0. The minimum absolute atomic E-state index is 0.0910. The van der Waals surface area contributed by atoms with Gasteiger partial charge in [0.05, 0.1) is 12.4 Å². The Hall–Kier alpha value is -1.69. The van der Waals surface area contributed by atoms with Gasteiger partial charge in [0.15, 0.2) is 5.16 Å². The quantitative estimate of drug-likeness (QED) is 0.624. The zero-order chi connectivity index (χ0) is 14.1. The first-order valence-electron chi connectivity index (χ1n) is 6.56. The first kappa shape index (κ1) is 13.3. The van der Waals surface area contributed by atoms with E-state index >= 15 is 0 Å². The Morgan fingerprint density at radius 2 is 2.35 bits per heavy atom. The van der Waals surface area contributed by atoms with Gasteiger partial charge in [-0.15, -0.1) is 0 Å². The van der Waals surface area contributed by atoms with Gasteiger partial charge in [0.25, 0.3) is 0 Å². The van der Waals surface area contributed by atoms with Crippen molar-refractivity contribution in [3.63, 3.8) is 0 Å². The Morgan fingerprint density at radius 1 is 1.55 bits per heavy atom. The molecule has 106 valence electrons. The van der Waals surface area contributed by atoms with E-state index < -0.39 is 5.97 Å². The van der Waals surface area contributed by atoms with Crippen LogP contribution in [0.4, 0.5) is 0 Å². The van der Waals surface area contributed by atoms with Gasteiger partial charge in [-0.3, -0.25) is 0 Å². The van der Waals surface area contributed by atoms with E-state index in [1.165, 1.54) is 20.0 Å². The number of methoxy groups -OCH3 is 1. The summed E-state index contributed by atoms with van der Waals surface area (Å²) in [6, 6.07) is 4.06. The second-order valence-electron chi connectivity index (χ2n) is 4.80. The summed E-state index contributed by atoms with van der Waals surface area (Å²) in [4.78, 5) is 15.8. The molecule has 2 aromatic heterocycles. The van der Waals surface area contributed by atoms with Gasteiger partial charge in [0, 0.05) is 18.4 Å². The van der Waals surface area contributed by atoms with Crippen molar-refractivity contribution >= 4 is 17.7 Å². The SMILES string of the molecule is COC(=O)c1ccc(C(C)Sc2nccn2C2CC2)o1. The lowest BCUT2D eigenvalue weighted by Gasteiger charge is -2.10. The summed E-state index contributed by atoms with van der Waals surface area (Å²) in [7, 11) is 1.34. The Morgan fingerprint density at radius 3 is 3.05 bits per heavy atom. The van der Waals surface area contributed by atoms with Gasteiger partial charge in [-0.25, -0.2) is 9.78 Å². The van der Waals surface area contributed by atoms with Crippen molar-refractivity contribution in [3.8, 4) is 0 Å². The van der Waals surface area contributed by atoms with Crippen LogP contribution >= 0.6 is 11.8 Å². The summed E-state index contributed by atoms with van der Waals surface area (Å²) in [5, 5.41) is 1.09. The van der Waals surface area contributed by atoms with E-state index in [-0.39, 0.29) is 11.0 Å². The van der Waals surface area contributed by atoms with Crippen LogP contribution in [-0.2, 0) is 4.74 Å². The number of furan rings is 1. The molecule has 3 rings (SSSR count). The molecule has 1 aliphatic rings. The van der Waals surface area contributed by atoms with Crippen LogP contribution in [0.25, 0.3) is 0 Å². The van der Waals surface area contributed by atoms with Crippen LogP contribution in [0.15, 0.2) is 34.1 Å². The third-order valence-corrected chi connectivity index (χ3v) is 4.38. The molecule has 0 spiro atoms. The molecule has 1 unspecified atom stereocenters. The van der Waals surface area contributed by atoms with Crippen molar-refractivity contribution in [2.45, 2.75) is 36.2 Å². The van der Waals surface area contributed by atoms with Crippen molar-refractivity contribution in [2.75, 3.05) is 7.11 Å². The fourth-order valence-corrected chi connectivity index (χ4v) is 3.03. The van der Waals surface area contributed by atoms with Crippen molar-refractivity contribution in [2.24, 2.45) is 0 Å². The molecule has 1 atom stereocenters. The van der Waals surface area contributed by atoms with Gasteiger partial charge in [0.2, 0.25) is 5.76 Å². The monoisotopic (exact) mass is 292 g/mol. The molecule has 20 heavy (non-hydrogen) atoms. The molecular formula is C14H16N2O3S. The van der Waals surface area contributed by atoms with Crippen LogP contribution in [0, 0.1) is 0 Å². The zero-order valence-electron chi connectivity index (χ0n) is 11.4. The molecule has 5 nitrogen and oxygen atoms in total. The third kappa shape index (κ3) is 2.60. The summed E-state index contributed by atoms with van der Waals surface area (Å²) in [6.45, 7) is 2.04. The highest BCUT2D eigenvalue weighted by Gasteiger charge is 2.27. The number of aromatic nitrogens is 2. The maximum Gasteiger partial charge on any atom is 0.373 e. The molecule has 1 saturated carbocycles. The predicted octanol–water partition coefficient (Wildman–Crippen LogP) is 3.45. The molecule has 0 bridgehead atoms. The number of esters is 1. The molecule has 1 aliphatic carbocycles. The highest BCUT2D eigenvalue weighted by Crippen LogP contribution is 2.41. The van der Waals surface area contributed by atoms with Crippen LogP contribution in [0.5, 0.6) is 0 Å². The van der Waals surface area contributed by atoms with E-state index in [4.69, 9.17) is 4.42 Å². The molecule has 0 aliphatic heterocycles. The lowest BCUT2D eigenvalue weighted by Crippen LogP contribution is -1.99. The van der Waals surface area contributed by atoms with Crippen LogP contribution in [0.1, 0.15) is 47.4 Å². The van der Waals surface area contributed by atoms with E-state index in [1.807, 2.05) is 25.4 Å². The molecule has 6 heteroatoms. The molecule has 2 aromatic rings. The predicted molar refractivity (Wildman–Crippen MR) is 74.8 cm³/mol. The molecular weight excluding hydrogens is 276 g/mol. The van der Waals surface area contributed by atoms with Crippen molar-refractivity contribution in [3.05, 3.63) is 36.0 Å². The highest BCUT2D eigenvalue weighted by molar-refractivity contribution is 7.99. The second kappa shape index (κ2) is 5.36. The maximum atomic E-state index is 11.4. The van der Waals surface area contributed by atoms with Crippen LogP contribution in [0.3, 0.4) is 0 Å². The van der Waals surface area contributed by atoms with Crippen LogP contribution < -0.4 is 0 Å². The van der Waals surface area contributed by atoms with Crippen LogP contribution in [0.2, 0.25) is 0 Å².